The van der Waals surface area contributed by atoms with Gasteiger partial charge in [0, 0.05) is 35.0 Å². The first kappa shape index (κ1) is 29.2. The van der Waals surface area contributed by atoms with Gasteiger partial charge in [-0.25, -0.2) is 0 Å². The van der Waals surface area contributed by atoms with Crippen LogP contribution >= 0.6 is 23.2 Å². The molecule has 0 radical (unpaired) electrons. The third-order valence-corrected chi connectivity index (χ3v) is 7.74. The molecule has 0 atom stereocenters. The van der Waals surface area contributed by atoms with Crippen LogP contribution in [0, 0.1) is 0 Å². The highest BCUT2D eigenvalue weighted by Gasteiger charge is 2.39. The number of hydrogen-bond acceptors (Lipinski definition) is 4. The van der Waals surface area contributed by atoms with E-state index in [9.17, 15) is 9.59 Å². The fourth-order valence-corrected chi connectivity index (χ4v) is 5.35. The number of halogens is 2. The summed E-state index contributed by atoms with van der Waals surface area (Å²) >= 11 is 12.8. The molecule has 4 rings (SSSR count). The number of nitrogens with one attached hydrogen (secondary N) is 2. The Bertz CT molecular complexity index is 1380. The molecule has 2 N–H and O–H groups in total. The molecule has 1 aliphatic heterocycles. The average molecular weight is 579 g/mol. The lowest BCUT2D eigenvalue weighted by molar-refractivity contribution is -0.113. The molecule has 40 heavy (non-hydrogen) atoms. The van der Waals surface area contributed by atoms with Gasteiger partial charge in [-0.15, -0.1) is 0 Å². The van der Waals surface area contributed by atoms with Crippen molar-refractivity contribution < 1.29 is 14.3 Å². The topological polar surface area (TPSA) is 70.7 Å². The van der Waals surface area contributed by atoms with Crippen molar-refractivity contribution in [3.05, 3.63) is 111 Å². The second-order valence-corrected chi connectivity index (χ2v) is 10.4. The molecule has 0 fully saturated rings. The summed E-state index contributed by atoms with van der Waals surface area (Å²) in [6, 6.07) is 21.6. The number of carbonyl (C=O) groups is 2. The van der Waals surface area contributed by atoms with Crippen LogP contribution in [-0.4, -0.2) is 30.4 Å². The first-order valence-corrected chi connectivity index (χ1v) is 14.0. The Labute approximate surface area is 245 Å². The van der Waals surface area contributed by atoms with Crippen molar-refractivity contribution in [1.82, 2.24) is 4.90 Å². The number of para-hydroxylation sites is 2. The molecule has 0 saturated carbocycles. The molecule has 0 aromatic heterocycles. The number of nitrogens with zero attached hydrogens (tertiary/aromatic N) is 1. The Morgan fingerprint density at radius 3 is 1.70 bits per heavy atom. The monoisotopic (exact) mass is 577 g/mol. The summed E-state index contributed by atoms with van der Waals surface area (Å²) in [6.45, 7) is 6.63. The molecule has 0 saturated heterocycles. The quantitative estimate of drug-likeness (QED) is 0.270. The van der Waals surface area contributed by atoms with Crippen LogP contribution < -0.4 is 15.4 Å². The van der Waals surface area contributed by atoms with Crippen LogP contribution in [0.25, 0.3) is 0 Å². The highest BCUT2D eigenvalue weighted by atomic mass is 35.5. The summed E-state index contributed by atoms with van der Waals surface area (Å²) in [7, 11) is 1.60. The first-order chi connectivity index (χ1) is 19.3. The number of ether oxygens (including phenoxy) is 1. The predicted molar refractivity (Wildman–Crippen MR) is 163 cm³/mol. The molecule has 8 heteroatoms. The second-order valence-electron chi connectivity index (χ2n) is 9.58. The van der Waals surface area contributed by atoms with Crippen LogP contribution in [0.2, 0.25) is 10.0 Å². The van der Waals surface area contributed by atoms with Crippen molar-refractivity contribution in [2.24, 2.45) is 0 Å². The third-order valence-electron chi connectivity index (χ3n) is 7.08. The Hall–Kier alpha value is -3.74. The van der Waals surface area contributed by atoms with Crippen LogP contribution in [0.1, 0.15) is 45.1 Å². The van der Waals surface area contributed by atoms with E-state index in [0.29, 0.717) is 44.9 Å². The number of methoxy groups -OCH3 is 1. The maximum Gasteiger partial charge on any atom is 0.254 e. The number of rotatable bonds is 9. The minimum atomic E-state index is -0.659. The van der Waals surface area contributed by atoms with E-state index in [1.807, 2.05) is 50.2 Å². The third kappa shape index (κ3) is 6.19. The molecule has 6 nitrogen and oxygen atoms in total. The van der Waals surface area contributed by atoms with Crippen LogP contribution in [0.5, 0.6) is 5.75 Å². The average Bonchev–Trinajstić information content (AvgIpc) is 2.95. The fraction of sp³-hybridized carbons (Fsp3) is 0.250. The smallest absolute Gasteiger partial charge is 0.254 e. The van der Waals surface area contributed by atoms with Gasteiger partial charge in [0.15, 0.2) is 0 Å². The number of anilines is 2. The van der Waals surface area contributed by atoms with E-state index in [0.717, 1.165) is 29.8 Å². The Morgan fingerprint density at radius 2 is 1.27 bits per heavy atom. The zero-order valence-electron chi connectivity index (χ0n) is 23.1. The fourth-order valence-electron chi connectivity index (χ4n) is 4.98. The standard InChI is InChI=1S/C32H33Cl2N3O3/c1-5-6-19-37-20(2)28(31(38)35-26-13-9-7-11-24(26)33)30(22-15-17-23(40-4)18-16-22)29(21(37)3)32(39)36-27-14-10-8-12-25(27)34/h7-18,30H,5-6,19H2,1-4H3,(H,35,38)(H,36,39). The van der Waals surface area contributed by atoms with Crippen LogP contribution in [0.4, 0.5) is 11.4 Å². The summed E-state index contributed by atoms with van der Waals surface area (Å²) in [6.07, 6.45) is 1.85. The number of amides is 2. The van der Waals surface area contributed by atoms with E-state index in [1.54, 1.807) is 43.5 Å². The molecule has 2 amide bonds. The van der Waals surface area contributed by atoms with Crippen molar-refractivity contribution in [1.29, 1.82) is 0 Å². The zero-order valence-corrected chi connectivity index (χ0v) is 24.6. The number of carbonyl (C=O) groups excluding carboxylic acids is 2. The zero-order chi connectivity index (χ0) is 28.8. The highest BCUT2D eigenvalue weighted by Crippen LogP contribution is 2.43. The highest BCUT2D eigenvalue weighted by molar-refractivity contribution is 6.34. The van der Waals surface area contributed by atoms with Crippen molar-refractivity contribution >= 4 is 46.4 Å². The summed E-state index contributed by atoms with van der Waals surface area (Å²) in [5.41, 5.74) is 4.28. The lowest BCUT2D eigenvalue weighted by atomic mass is 9.78. The summed E-state index contributed by atoms with van der Waals surface area (Å²) in [4.78, 5) is 30.2. The van der Waals surface area contributed by atoms with Gasteiger partial charge in [0.2, 0.25) is 0 Å². The van der Waals surface area contributed by atoms with Gasteiger partial charge >= 0.3 is 0 Å². The van der Waals surface area contributed by atoms with Gasteiger partial charge in [0.25, 0.3) is 11.8 Å². The lowest BCUT2D eigenvalue weighted by Gasteiger charge is -2.38. The normalized spacial score (nSPS) is 13.9. The molecule has 0 unspecified atom stereocenters. The molecule has 1 heterocycles. The minimum Gasteiger partial charge on any atom is -0.497 e. The SMILES string of the molecule is CCCCN1C(C)=C(C(=O)Nc2ccccc2Cl)C(c2ccc(OC)cc2)C(C(=O)Nc2ccccc2Cl)=C1C. The van der Waals surface area contributed by atoms with Gasteiger partial charge in [-0.3, -0.25) is 9.59 Å². The summed E-state index contributed by atoms with van der Waals surface area (Å²) in [5, 5.41) is 6.83. The molecule has 0 bridgehead atoms. The number of hydrogen-bond donors (Lipinski definition) is 2. The van der Waals surface area contributed by atoms with Gasteiger partial charge in [0.05, 0.1) is 28.5 Å². The van der Waals surface area contributed by atoms with Crippen molar-refractivity contribution in [2.75, 3.05) is 24.3 Å². The minimum absolute atomic E-state index is 0.330. The second kappa shape index (κ2) is 13.1. The van der Waals surface area contributed by atoms with Crippen LogP contribution in [-0.2, 0) is 9.59 Å². The number of allylic oxidation sites excluding steroid dienone is 2. The maximum atomic E-state index is 14.1. The van der Waals surface area contributed by atoms with Gasteiger partial charge in [-0.05, 0) is 62.2 Å². The predicted octanol–water partition coefficient (Wildman–Crippen LogP) is 8.03. The molecule has 0 aliphatic carbocycles. The van der Waals surface area contributed by atoms with Crippen LogP contribution in [0.3, 0.4) is 0 Å². The van der Waals surface area contributed by atoms with E-state index >= 15 is 0 Å². The first-order valence-electron chi connectivity index (χ1n) is 13.2. The molecular weight excluding hydrogens is 545 g/mol. The summed E-state index contributed by atoms with van der Waals surface area (Å²) < 4.78 is 5.37. The molecular formula is C32H33Cl2N3O3. The van der Waals surface area contributed by atoms with Crippen molar-refractivity contribution in [3.63, 3.8) is 0 Å². The van der Waals surface area contributed by atoms with E-state index in [1.165, 1.54) is 0 Å². The molecule has 3 aromatic carbocycles. The molecule has 1 aliphatic rings. The van der Waals surface area contributed by atoms with Gasteiger partial charge in [0.1, 0.15) is 5.75 Å². The van der Waals surface area contributed by atoms with E-state index < -0.39 is 5.92 Å². The summed E-state index contributed by atoms with van der Waals surface area (Å²) in [5.74, 6) is -0.643. The lowest BCUT2D eigenvalue weighted by Crippen LogP contribution is -2.37. The molecule has 0 spiro atoms. The van der Waals surface area contributed by atoms with Gasteiger partial charge < -0.3 is 20.3 Å². The Balaban J connectivity index is 1.88. The maximum absolute atomic E-state index is 14.1. The number of unbranched alkanes of at least 4 members (excludes halogenated alkanes) is 1. The number of benzene rings is 3. The molecule has 208 valence electrons. The Morgan fingerprint density at radius 1 is 0.800 bits per heavy atom. The van der Waals surface area contributed by atoms with Crippen molar-refractivity contribution in [2.45, 2.75) is 39.5 Å². The van der Waals surface area contributed by atoms with Crippen molar-refractivity contribution in [3.8, 4) is 5.75 Å². The largest absolute Gasteiger partial charge is 0.497 e. The molecule has 3 aromatic rings. The van der Waals surface area contributed by atoms with E-state index in [-0.39, 0.29) is 11.8 Å². The van der Waals surface area contributed by atoms with E-state index in [2.05, 4.69) is 22.5 Å². The van der Waals surface area contributed by atoms with E-state index in [4.69, 9.17) is 27.9 Å². The Kier molecular flexibility index (Phi) is 9.56. The van der Waals surface area contributed by atoms with Gasteiger partial charge in [-0.2, -0.15) is 0 Å². The van der Waals surface area contributed by atoms with Gasteiger partial charge in [-0.1, -0.05) is 72.9 Å². The van der Waals surface area contributed by atoms with Crippen LogP contribution in [0.15, 0.2) is 95.3 Å².